The zero-order valence-electron chi connectivity index (χ0n) is 13.0. The van der Waals surface area contributed by atoms with E-state index in [-0.39, 0.29) is 11.8 Å². The van der Waals surface area contributed by atoms with E-state index in [0.717, 1.165) is 23.4 Å². The Morgan fingerprint density at radius 1 is 1.05 bits per heavy atom. The maximum atomic E-state index is 10.7. The van der Waals surface area contributed by atoms with Gasteiger partial charge in [-0.15, -0.1) is 0 Å². The van der Waals surface area contributed by atoms with E-state index in [0.29, 0.717) is 0 Å². The van der Waals surface area contributed by atoms with Crippen molar-refractivity contribution in [2.24, 2.45) is 0 Å². The van der Waals surface area contributed by atoms with E-state index in [1.165, 1.54) is 12.1 Å². The first-order valence-corrected chi connectivity index (χ1v) is 7.12. The SMILES string of the molecule is C[C@H](CN(C)C)Oc1ccc(-c2ccc([N+](=O)[O-])cc2)cc1. The van der Waals surface area contributed by atoms with E-state index in [9.17, 15) is 10.1 Å². The molecular formula is C17H20N2O3. The number of likely N-dealkylation sites (N-methyl/N-ethyl adjacent to an activating group) is 1. The number of non-ortho nitro benzene ring substituents is 1. The summed E-state index contributed by atoms with van der Waals surface area (Å²) in [4.78, 5) is 12.3. The molecule has 0 aliphatic rings. The van der Waals surface area contributed by atoms with Crippen LogP contribution in [0.25, 0.3) is 11.1 Å². The minimum Gasteiger partial charge on any atom is -0.489 e. The number of rotatable bonds is 6. The molecule has 2 rings (SSSR count). The Morgan fingerprint density at radius 3 is 2.00 bits per heavy atom. The van der Waals surface area contributed by atoms with Crippen LogP contribution in [0.2, 0.25) is 0 Å². The largest absolute Gasteiger partial charge is 0.489 e. The average molecular weight is 300 g/mol. The number of benzene rings is 2. The van der Waals surface area contributed by atoms with Gasteiger partial charge in [0.15, 0.2) is 0 Å². The summed E-state index contributed by atoms with van der Waals surface area (Å²) in [6.07, 6.45) is 0.111. The first-order valence-electron chi connectivity index (χ1n) is 7.12. The van der Waals surface area contributed by atoms with Crippen LogP contribution in [0.15, 0.2) is 48.5 Å². The highest BCUT2D eigenvalue weighted by Gasteiger charge is 2.07. The number of nitro groups is 1. The van der Waals surface area contributed by atoms with Crippen LogP contribution in [0.3, 0.4) is 0 Å². The monoisotopic (exact) mass is 300 g/mol. The van der Waals surface area contributed by atoms with E-state index in [1.807, 2.05) is 45.3 Å². The van der Waals surface area contributed by atoms with Gasteiger partial charge in [-0.05, 0) is 56.4 Å². The third kappa shape index (κ3) is 4.30. The van der Waals surface area contributed by atoms with Crippen molar-refractivity contribution in [1.29, 1.82) is 0 Å². The summed E-state index contributed by atoms with van der Waals surface area (Å²) in [5.41, 5.74) is 2.04. The molecule has 1 atom stereocenters. The van der Waals surface area contributed by atoms with Crippen LogP contribution >= 0.6 is 0 Å². The van der Waals surface area contributed by atoms with Gasteiger partial charge in [-0.3, -0.25) is 10.1 Å². The molecule has 0 saturated carbocycles. The van der Waals surface area contributed by atoms with Crippen molar-refractivity contribution in [2.45, 2.75) is 13.0 Å². The van der Waals surface area contributed by atoms with Crippen molar-refractivity contribution in [3.05, 3.63) is 58.6 Å². The second kappa shape index (κ2) is 7.04. The van der Waals surface area contributed by atoms with Crippen LogP contribution in [-0.2, 0) is 0 Å². The maximum absolute atomic E-state index is 10.7. The minimum atomic E-state index is -0.396. The topological polar surface area (TPSA) is 55.6 Å². The molecule has 22 heavy (non-hydrogen) atoms. The highest BCUT2D eigenvalue weighted by molar-refractivity contribution is 5.65. The van der Waals surface area contributed by atoms with Crippen LogP contribution in [0.5, 0.6) is 5.75 Å². The second-order valence-electron chi connectivity index (χ2n) is 5.52. The van der Waals surface area contributed by atoms with Gasteiger partial charge >= 0.3 is 0 Å². The van der Waals surface area contributed by atoms with Gasteiger partial charge in [0, 0.05) is 18.7 Å². The van der Waals surface area contributed by atoms with E-state index in [4.69, 9.17) is 4.74 Å². The fourth-order valence-corrected chi connectivity index (χ4v) is 2.29. The molecule has 5 nitrogen and oxygen atoms in total. The summed E-state index contributed by atoms with van der Waals surface area (Å²) >= 11 is 0. The molecule has 0 radical (unpaired) electrons. The summed E-state index contributed by atoms with van der Waals surface area (Å²) in [6, 6.07) is 14.3. The molecule has 0 aliphatic heterocycles. The summed E-state index contributed by atoms with van der Waals surface area (Å²) in [5, 5.41) is 10.7. The van der Waals surface area contributed by atoms with E-state index in [2.05, 4.69) is 4.90 Å². The van der Waals surface area contributed by atoms with Crippen molar-refractivity contribution < 1.29 is 9.66 Å². The van der Waals surface area contributed by atoms with Crippen molar-refractivity contribution in [1.82, 2.24) is 4.90 Å². The molecule has 0 amide bonds. The zero-order valence-corrected chi connectivity index (χ0v) is 13.0. The Balaban J connectivity index is 2.06. The second-order valence-corrected chi connectivity index (χ2v) is 5.52. The molecule has 116 valence electrons. The van der Waals surface area contributed by atoms with Gasteiger partial charge in [0.05, 0.1) is 4.92 Å². The summed E-state index contributed by atoms with van der Waals surface area (Å²) in [6.45, 7) is 2.88. The lowest BCUT2D eigenvalue weighted by Crippen LogP contribution is -2.27. The van der Waals surface area contributed by atoms with Crippen molar-refractivity contribution >= 4 is 5.69 Å². The van der Waals surface area contributed by atoms with Crippen molar-refractivity contribution in [3.63, 3.8) is 0 Å². The lowest BCUT2D eigenvalue weighted by atomic mass is 10.1. The first-order chi connectivity index (χ1) is 10.5. The Kier molecular flexibility index (Phi) is 5.12. The fraction of sp³-hybridized carbons (Fsp3) is 0.294. The molecule has 0 heterocycles. The summed E-state index contributed by atoms with van der Waals surface area (Å²) < 4.78 is 5.84. The molecule has 0 bridgehead atoms. The van der Waals surface area contributed by atoms with E-state index >= 15 is 0 Å². The number of hydrogen-bond donors (Lipinski definition) is 0. The molecule has 0 aromatic heterocycles. The standard InChI is InChI=1S/C17H20N2O3/c1-13(12-18(2)3)22-17-10-6-15(7-11-17)14-4-8-16(9-5-14)19(20)21/h4-11,13H,12H2,1-3H3/t13-/m1/s1. The highest BCUT2D eigenvalue weighted by atomic mass is 16.6. The molecule has 0 fully saturated rings. The average Bonchev–Trinajstić information content (AvgIpc) is 2.47. The quantitative estimate of drug-likeness (QED) is 0.604. The normalized spacial score (nSPS) is 12.2. The summed E-state index contributed by atoms with van der Waals surface area (Å²) in [5.74, 6) is 0.819. The van der Waals surface area contributed by atoms with Gasteiger partial charge in [-0.25, -0.2) is 0 Å². The zero-order chi connectivity index (χ0) is 16.1. The van der Waals surface area contributed by atoms with Gasteiger partial charge in [0.1, 0.15) is 11.9 Å². The highest BCUT2D eigenvalue weighted by Crippen LogP contribution is 2.24. The lowest BCUT2D eigenvalue weighted by Gasteiger charge is -2.18. The third-order valence-electron chi connectivity index (χ3n) is 3.23. The van der Waals surface area contributed by atoms with Crippen LogP contribution in [-0.4, -0.2) is 36.6 Å². The molecule has 2 aromatic carbocycles. The van der Waals surface area contributed by atoms with Crippen molar-refractivity contribution in [2.75, 3.05) is 20.6 Å². The fourth-order valence-electron chi connectivity index (χ4n) is 2.29. The molecular weight excluding hydrogens is 280 g/mol. The third-order valence-corrected chi connectivity index (χ3v) is 3.23. The summed E-state index contributed by atoms with van der Waals surface area (Å²) in [7, 11) is 4.02. The molecule has 0 aliphatic carbocycles. The smallest absolute Gasteiger partial charge is 0.269 e. The molecule has 0 spiro atoms. The van der Waals surface area contributed by atoms with Gasteiger partial charge in [0.25, 0.3) is 5.69 Å². The molecule has 5 heteroatoms. The maximum Gasteiger partial charge on any atom is 0.269 e. The predicted molar refractivity (Wildman–Crippen MR) is 87.2 cm³/mol. The number of nitro benzene ring substituents is 1. The van der Waals surface area contributed by atoms with Crippen LogP contribution in [0.4, 0.5) is 5.69 Å². The Bertz CT molecular complexity index is 621. The molecule has 0 saturated heterocycles. The van der Waals surface area contributed by atoms with Gasteiger partial charge in [-0.1, -0.05) is 12.1 Å². The predicted octanol–water partition coefficient (Wildman–Crippen LogP) is 3.59. The number of nitrogens with zero attached hydrogens (tertiary/aromatic N) is 2. The van der Waals surface area contributed by atoms with Crippen LogP contribution < -0.4 is 4.74 Å². The van der Waals surface area contributed by atoms with Gasteiger partial charge in [-0.2, -0.15) is 0 Å². The van der Waals surface area contributed by atoms with E-state index < -0.39 is 4.92 Å². The number of ether oxygens (including phenoxy) is 1. The Hall–Kier alpha value is -2.40. The van der Waals surface area contributed by atoms with Gasteiger partial charge in [0.2, 0.25) is 0 Å². The minimum absolute atomic E-state index is 0.0983. The van der Waals surface area contributed by atoms with Crippen LogP contribution in [0, 0.1) is 10.1 Å². The van der Waals surface area contributed by atoms with Crippen molar-refractivity contribution in [3.8, 4) is 16.9 Å². The lowest BCUT2D eigenvalue weighted by molar-refractivity contribution is -0.384. The Labute approximate surface area is 130 Å². The molecule has 2 aromatic rings. The molecule has 0 N–H and O–H groups in total. The first kappa shape index (κ1) is 16.0. The van der Waals surface area contributed by atoms with Gasteiger partial charge < -0.3 is 9.64 Å². The molecule has 0 unspecified atom stereocenters. The van der Waals surface area contributed by atoms with E-state index in [1.54, 1.807) is 12.1 Å². The Morgan fingerprint density at radius 2 is 1.55 bits per heavy atom. The van der Waals surface area contributed by atoms with Crippen LogP contribution in [0.1, 0.15) is 6.92 Å². The number of hydrogen-bond acceptors (Lipinski definition) is 4.